The number of likely N-dealkylation sites (N-methyl/N-ethyl adjacent to an activating group) is 1. The molecule has 1 aromatic heterocycles. The molecule has 0 spiro atoms. The number of amides is 1. The molecular formula is C13H21ClN2O2. The average molecular weight is 273 g/mol. The number of halogens is 1. The second-order valence-corrected chi connectivity index (χ2v) is 5.43. The maximum Gasteiger partial charge on any atom is 0.287 e. The van der Waals surface area contributed by atoms with Crippen molar-refractivity contribution in [2.45, 2.75) is 26.3 Å². The third-order valence-corrected chi connectivity index (χ3v) is 2.97. The zero-order valence-electron chi connectivity index (χ0n) is 11.4. The molecule has 102 valence electrons. The molecule has 1 rings (SSSR count). The summed E-state index contributed by atoms with van der Waals surface area (Å²) in [7, 11) is 4.03. The molecule has 0 bridgehead atoms. The van der Waals surface area contributed by atoms with E-state index < -0.39 is 0 Å². The molecule has 0 aliphatic rings. The minimum absolute atomic E-state index is 0.225. The Morgan fingerprint density at radius 1 is 1.44 bits per heavy atom. The van der Waals surface area contributed by atoms with E-state index in [9.17, 15) is 4.79 Å². The molecule has 0 aliphatic heterocycles. The Labute approximate surface area is 113 Å². The van der Waals surface area contributed by atoms with Gasteiger partial charge in [-0.3, -0.25) is 4.79 Å². The lowest BCUT2D eigenvalue weighted by atomic mass is 10.0. The summed E-state index contributed by atoms with van der Waals surface area (Å²) in [4.78, 5) is 13.9. The fraction of sp³-hybridized carbons (Fsp3) is 0.615. The Kier molecular flexibility index (Phi) is 5.69. The van der Waals surface area contributed by atoms with E-state index in [1.54, 1.807) is 12.1 Å². The lowest BCUT2D eigenvalue weighted by Crippen LogP contribution is -2.40. The molecule has 18 heavy (non-hydrogen) atoms. The Bertz CT molecular complexity index is 388. The zero-order valence-corrected chi connectivity index (χ0v) is 12.1. The van der Waals surface area contributed by atoms with E-state index in [0.29, 0.717) is 18.5 Å². The Morgan fingerprint density at radius 2 is 2.11 bits per heavy atom. The maximum absolute atomic E-state index is 11.8. The summed E-state index contributed by atoms with van der Waals surface area (Å²) in [5.41, 5.74) is 0. The first kappa shape index (κ1) is 15.1. The number of hydrogen-bond acceptors (Lipinski definition) is 3. The van der Waals surface area contributed by atoms with E-state index in [4.69, 9.17) is 16.0 Å². The minimum Gasteiger partial charge on any atom is -0.440 e. The summed E-state index contributed by atoms with van der Waals surface area (Å²) in [6.45, 7) is 4.94. The van der Waals surface area contributed by atoms with Crippen molar-refractivity contribution in [2.24, 2.45) is 5.92 Å². The van der Waals surface area contributed by atoms with Crippen LogP contribution in [0.4, 0.5) is 0 Å². The van der Waals surface area contributed by atoms with Crippen molar-refractivity contribution in [2.75, 3.05) is 20.6 Å². The van der Waals surface area contributed by atoms with Gasteiger partial charge in [-0.25, -0.2) is 0 Å². The second kappa shape index (κ2) is 6.81. The number of carbonyl (C=O) groups excluding carboxylic acids is 1. The van der Waals surface area contributed by atoms with Gasteiger partial charge in [0.05, 0.1) is 0 Å². The molecule has 1 unspecified atom stereocenters. The Hall–Kier alpha value is -1.00. The smallest absolute Gasteiger partial charge is 0.287 e. The zero-order chi connectivity index (χ0) is 13.7. The van der Waals surface area contributed by atoms with E-state index in [0.717, 1.165) is 6.42 Å². The highest BCUT2D eigenvalue weighted by Gasteiger charge is 2.16. The van der Waals surface area contributed by atoms with Gasteiger partial charge in [-0.2, -0.15) is 0 Å². The van der Waals surface area contributed by atoms with E-state index in [1.807, 2.05) is 14.1 Å². The van der Waals surface area contributed by atoms with Crippen molar-refractivity contribution in [3.05, 3.63) is 23.1 Å². The van der Waals surface area contributed by atoms with Crippen LogP contribution in [0.5, 0.6) is 0 Å². The minimum atomic E-state index is -0.225. The predicted molar refractivity (Wildman–Crippen MR) is 73.0 cm³/mol. The number of nitrogens with zero attached hydrogens (tertiary/aromatic N) is 1. The summed E-state index contributed by atoms with van der Waals surface area (Å²) < 4.78 is 5.06. The fourth-order valence-electron chi connectivity index (χ4n) is 1.75. The van der Waals surface area contributed by atoms with E-state index in [-0.39, 0.29) is 16.9 Å². The topological polar surface area (TPSA) is 45.5 Å². The van der Waals surface area contributed by atoms with Crippen LogP contribution >= 0.6 is 11.6 Å². The first-order valence-electron chi connectivity index (χ1n) is 6.10. The Balaban J connectivity index is 2.49. The average Bonchev–Trinajstić information content (AvgIpc) is 2.69. The first-order valence-corrected chi connectivity index (χ1v) is 6.48. The van der Waals surface area contributed by atoms with Crippen molar-refractivity contribution >= 4 is 17.5 Å². The number of rotatable bonds is 6. The van der Waals surface area contributed by atoms with Gasteiger partial charge in [-0.15, -0.1) is 0 Å². The van der Waals surface area contributed by atoms with Gasteiger partial charge in [-0.1, -0.05) is 13.8 Å². The summed E-state index contributed by atoms with van der Waals surface area (Å²) >= 11 is 5.63. The van der Waals surface area contributed by atoms with Gasteiger partial charge in [0.15, 0.2) is 11.0 Å². The lowest BCUT2D eigenvalue weighted by Gasteiger charge is -2.26. The molecule has 0 aromatic carbocycles. The monoisotopic (exact) mass is 272 g/mol. The van der Waals surface area contributed by atoms with E-state index >= 15 is 0 Å². The maximum atomic E-state index is 11.8. The predicted octanol–water partition coefficient (Wildman–Crippen LogP) is 2.64. The third-order valence-electron chi connectivity index (χ3n) is 2.77. The molecule has 0 fully saturated rings. The van der Waals surface area contributed by atoms with Crippen LogP contribution in [0.2, 0.25) is 5.22 Å². The molecule has 0 saturated carbocycles. The number of hydrogen-bond donors (Lipinski definition) is 1. The third kappa shape index (κ3) is 4.70. The fourth-order valence-corrected chi connectivity index (χ4v) is 1.90. The number of nitrogens with one attached hydrogen (secondary N) is 1. The second-order valence-electron chi connectivity index (χ2n) is 5.06. The normalized spacial score (nSPS) is 13.1. The standard InChI is InChI=1S/C13H21ClN2O2/c1-9(2)7-10(16(3)4)8-15-13(17)11-5-6-12(14)18-11/h5-6,9-10H,7-8H2,1-4H3,(H,15,17). The summed E-state index contributed by atoms with van der Waals surface area (Å²) in [5, 5.41) is 3.09. The molecule has 4 nitrogen and oxygen atoms in total. The van der Waals surface area contributed by atoms with Crippen LogP contribution in [0.3, 0.4) is 0 Å². The van der Waals surface area contributed by atoms with Crippen molar-refractivity contribution in [3.63, 3.8) is 0 Å². The summed E-state index contributed by atoms with van der Waals surface area (Å²) in [6.07, 6.45) is 1.03. The summed E-state index contributed by atoms with van der Waals surface area (Å²) in [6, 6.07) is 3.46. The molecule has 0 saturated heterocycles. The van der Waals surface area contributed by atoms with Crippen LogP contribution in [0.1, 0.15) is 30.8 Å². The SMILES string of the molecule is CC(C)CC(CNC(=O)c1ccc(Cl)o1)N(C)C. The highest BCUT2D eigenvalue weighted by Crippen LogP contribution is 2.13. The van der Waals surface area contributed by atoms with Crippen LogP contribution in [0, 0.1) is 5.92 Å². The number of furan rings is 1. The van der Waals surface area contributed by atoms with E-state index in [2.05, 4.69) is 24.1 Å². The quantitative estimate of drug-likeness (QED) is 0.866. The van der Waals surface area contributed by atoms with Crippen molar-refractivity contribution < 1.29 is 9.21 Å². The van der Waals surface area contributed by atoms with Crippen LogP contribution in [-0.2, 0) is 0 Å². The van der Waals surface area contributed by atoms with E-state index in [1.165, 1.54) is 0 Å². The van der Waals surface area contributed by atoms with Crippen LogP contribution in [0.25, 0.3) is 0 Å². The lowest BCUT2D eigenvalue weighted by molar-refractivity contribution is 0.0911. The molecule has 1 amide bonds. The molecule has 0 aliphatic carbocycles. The molecular weight excluding hydrogens is 252 g/mol. The summed E-state index contributed by atoms with van der Waals surface area (Å²) in [5.74, 6) is 0.618. The molecule has 1 N–H and O–H groups in total. The van der Waals surface area contributed by atoms with Crippen molar-refractivity contribution in [1.82, 2.24) is 10.2 Å². The van der Waals surface area contributed by atoms with Crippen molar-refractivity contribution in [3.8, 4) is 0 Å². The number of carbonyl (C=O) groups is 1. The van der Waals surface area contributed by atoms with Crippen LogP contribution in [-0.4, -0.2) is 37.5 Å². The Morgan fingerprint density at radius 3 is 2.56 bits per heavy atom. The van der Waals surface area contributed by atoms with Gasteiger partial charge in [0.1, 0.15) is 0 Å². The molecule has 0 radical (unpaired) electrons. The van der Waals surface area contributed by atoms with Gasteiger partial charge in [-0.05, 0) is 50.2 Å². The van der Waals surface area contributed by atoms with Gasteiger partial charge >= 0.3 is 0 Å². The van der Waals surface area contributed by atoms with Gasteiger partial charge in [0.25, 0.3) is 5.91 Å². The van der Waals surface area contributed by atoms with Gasteiger partial charge in [0.2, 0.25) is 0 Å². The van der Waals surface area contributed by atoms with Crippen molar-refractivity contribution in [1.29, 1.82) is 0 Å². The van der Waals surface area contributed by atoms with Crippen LogP contribution < -0.4 is 5.32 Å². The van der Waals surface area contributed by atoms with Crippen LogP contribution in [0.15, 0.2) is 16.5 Å². The highest BCUT2D eigenvalue weighted by atomic mass is 35.5. The van der Waals surface area contributed by atoms with Gasteiger partial charge in [0, 0.05) is 12.6 Å². The van der Waals surface area contributed by atoms with Gasteiger partial charge < -0.3 is 14.6 Å². The molecule has 5 heteroatoms. The molecule has 1 aromatic rings. The first-order chi connectivity index (χ1) is 8.40. The molecule has 1 atom stereocenters. The highest BCUT2D eigenvalue weighted by molar-refractivity contribution is 6.29. The molecule has 1 heterocycles. The largest absolute Gasteiger partial charge is 0.440 e.